The summed E-state index contributed by atoms with van der Waals surface area (Å²) in [6.45, 7) is 5.19. The topological polar surface area (TPSA) is 76.6 Å². The lowest BCUT2D eigenvalue weighted by atomic mass is 9.92. The van der Waals surface area contributed by atoms with Crippen molar-refractivity contribution in [1.29, 1.82) is 0 Å². The summed E-state index contributed by atoms with van der Waals surface area (Å²) in [5, 5.41) is 3.39. The van der Waals surface area contributed by atoms with Crippen LogP contribution >= 0.6 is 11.6 Å². The fourth-order valence-electron chi connectivity index (χ4n) is 3.83. The van der Waals surface area contributed by atoms with Crippen LogP contribution in [0.2, 0.25) is 5.28 Å². The summed E-state index contributed by atoms with van der Waals surface area (Å²) in [7, 11) is 0. The second kappa shape index (κ2) is 10.7. The molecular formula is C25H27ClN4O3. The average Bonchev–Trinajstić information content (AvgIpc) is 2.80. The third-order valence-corrected chi connectivity index (χ3v) is 5.87. The molecule has 0 radical (unpaired) electrons. The van der Waals surface area contributed by atoms with Crippen LogP contribution in [0.3, 0.4) is 0 Å². The van der Waals surface area contributed by atoms with Crippen LogP contribution in [0.4, 0.5) is 5.82 Å². The standard InChI is InChI=1S/C25H27ClN4O3/c1-2-33-23(31)21-13-27-24(26)29-22(21)28-16-25(17-32-18-25)30(14-19-9-5-3-6-10-19)15-20-11-7-4-8-12-20/h3-13H,2,14-18H2,1H3,(H,27,28,29). The number of hydrogen-bond acceptors (Lipinski definition) is 7. The van der Waals surface area contributed by atoms with E-state index in [1.807, 2.05) is 36.4 Å². The van der Waals surface area contributed by atoms with E-state index in [4.69, 9.17) is 21.1 Å². The minimum Gasteiger partial charge on any atom is -0.462 e. The van der Waals surface area contributed by atoms with Crippen molar-refractivity contribution in [3.05, 3.63) is 88.8 Å². The van der Waals surface area contributed by atoms with Crippen molar-refractivity contribution in [3.63, 3.8) is 0 Å². The first-order valence-electron chi connectivity index (χ1n) is 10.9. The Hall–Kier alpha value is -3.00. The van der Waals surface area contributed by atoms with Crippen molar-refractivity contribution in [3.8, 4) is 0 Å². The molecule has 4 rings (SSSR count). The Morgan fingerprint density at radius 3 is 2.21 bits per heavy atom. The number of anilines is 1. The van der Waals surface area contributed by atoms with E-state index in [2.05, 4.69) is 44.5 Å². The van der Waals surface area contributed by atoms with Gasteiger partial charge < -0.3 is 14.8 Å². The summed E-state index contributed by atoms with van der Waals surface area (Å²) in [5.41, 5.74) is 2.41. The number of aromatic nitrogens is 2. The van der Waals surface area contributed by atoms with Gasteiger partial charge in [0.1, 0.15) is 11.4 Å². The van der Waals surface area contributed by atoms with Crippen molar-refractivity contribution in [2.45, 2.75) is 25.6 Å². The molecular weight excluding hydrogens is 440 g/mol. The lowest BCUT2D eigenvalue weighted by Crippen LogP contribution is -2.65. The highest BCUT2D eigenvalue weighted by atomic mass is 35.5. The van der Waals surface area contributed by atoms with Crippen LogP contribution < -0.4 is 5.32 Å². The molecule has 1 N–H and O–H groups in total. The molecule has 0 saturated carbocycles. The minimum atomic E-state index is -0.485. The van der Waals surface area contributed by atoms with E-state index >= 15 is 0 Å². The maximum Gasteiger partial charge on any atom is 0.343 e. The van der Waals surface area contributed by atoms with Gasteiger partial charge in [-0.1, -0.05) is 60.7 Å². The summed E-state index contributed by atoms with van der Waals surface area (Å²) < 4.78 is 10.8. The Balaban J connectivity index is 1.58. The van der Waals surface area contributed by atoms with Gasteiger partial charge in [-0.25, -0.2) is 9.78 Å². The van der Waals surface area contributed by atoms with Gasteiger partial charge in [-0.3, -0.25) is 4.90 Å². The third-order valence-electron chi connectivity index (χ3n) is 5.68. The Bertz CT molecular complexity index is 1020. The molecule has 2 aromatic carbocycles. The highest BCUT2D eigenvalue weighted by molar-refractivity contribution is 6.28. The van der Waals surface area contributed by atoms with E-state index in [1.54, 1.807) is 6.92 Å². The first-order valence-corrected chi connectivity index (χ1v) is 11.3. The minimum absolute atomic E-state index is 0.0647. The smallest absolute Gasteiger partial charge is 0.343 e. The summed E-state index contributed by atoms with van der Waals surface area (Å²) in [4.78, 5) is 23.0. The lowest BCUT2D eigenvalue weighted by molar-refractivity contribution is -0.140. The second-order valence-corrected chi connectivity index (χ2v) is 8.36. The first kappa shape index (κ1) is 23.2. The molecule has 33 heavy (non-hydrogen) atoms. The molecule has 1 aliphatic rings. The zero-order valence-electron chi connectivity index (χ0n) is 18.5. The fraction of sp³-hybridized carbons (Fsp3) is 0.320. The largest absolute Gasteiger partial charge is 0.462 e. The Labute approximate surface area is 198 Å². The average molecular weight is 467 g/mol. The Kier molecular flexibility index (Phi) is 7.54. The first-order chi connectivity index (χ1) is 16.1. The lowest BCUT2D eigenvalue weighted by Gasteiger charge is -2.50. The van der Waals surface area contributed by atoms with Gasteiger partial charge in [0.05, 0.1) is 25.4 Å². The maximum absolute atomic E-state index is 12.4. The van der Waals surface area contributed by atoms with E-state index in [1.165, 1.54) is 17.3 Å². The zero-order chi connectivity index (χ0) is 23.1. The van der Waals surface area contributed by atoms with E-state index in [0.29, 0.717) is 25.6 Å². The van der Waals surface area contributed by atoms with Crippen LogP contribution in [-0.4, -0.2) is 52.7 Å². The predicted octanol–water partition coefficient (Wildman–Crippen LogP) is 4.19. The number of rotatable bonds is 10. The normalized spacial score (nSPS) is 14.5. The van der Waals surface area contributed by atoms with E-state index in [0.717, 1.165) is 13.1 Å². The maximum atomic E-state index is 12.4. The number of halogens is 1. The van der Waals surface area contributed by atoms with Crippen molar-refractivity contribution in [1.82, 2.24) is 14.9 Å². The summed E-state index contributed by atoms with van der Waals surface area (Å²) in [6.07, 6.45) is 1.39. The van der Waals surface area contributed by atoms with Crippen LogP contribution in [0, 0.1) is 0 Å². The highest BCUT2D eigenvalue weighted by Gasteiger charge is 2.44. The molecule has 1 aliphatic heterocycles. The van der Waals surface area contributed by atoms with Crippen LogP contribution in [0.15, 0.2) is 66.9 Å². The fourth-order valence-corrected chi connectivity index (χ4v) is 3.97. The van der Waals surface area contributed by atoms with E-state index < -0.39 is 5.97 Å². The monoisotopic (exact) mass is 466 g/mol. The number of ether oxygens (including phenoxy) is 2. The molecule has 7 nitrogen and oxygen atoms in total. The molecule has 1 saturated heterocycles. The van der Waals surface area contributed by atoms with E-state index in [-0.39, 0.29) is 23.0 Å². The number of carbonyl (C=O) groups is 1. The molecule has 0 spiro atoms. The summed E-state index contributed by atoms with van der Waals surface area (Å²) in [5.74, 6) is -0.125. The van der Waals surface area contributed by atoms with Gasteiger partial charge in [0.2, 0.25) is 5.28 Å². The zero-order valence-corrected chi connectivity index (χ0v) is 19.3. The Morgan fingerprint density at radius 2 is 1.70 bits per heavy atom. The molecule has 0 amide bonds. The molecule has 1 fully saturated rings. The highest BCUT2D eigenvalue weighted by Crippen LogP contribution is 2.30. The van der Waals surface area contributed by atoms with Crippen molar-refractivity contribution >= 4 is 23.4 Å². The van der Waals surface area contributed by atoms with Gasteiger partial charge in [0, 0.05) is 25.8 Å². The number of nitrogens with zero attached hydrogens (tertiary/aromatic N) is 3. The van der Waals surface area contributed by atoms with Crippen molar-refractivity contribution in [2.75, 3.05) is 31.7 Å². The predicted molar refractivity (Wildman–Crippen MR) is 127 cm³/mol. The summed E-state index contributed by atoms with van der Waals surface area (Å²) >= 11 is 6.02. The molecule has 3 aromatic rings. The van der Waals surface area contributed by atoms with Crippen molar-refractivity contribution in [2.24, 2.45) is 0 Å². The molecule has 0 aliphatic carbocycles. The summed E-state index contributed by atoms with van der Waals surface area (Å²) in [6, 6.07) is 20.7. The van der Waals surface area contributed by atoms with Gasteiger partial charge in [0.25, 0.3) is 0 Å². The molecule has 0 atom stereocenters. The molecule has 2 heterocycles. The van der Waals surface area contributed by atoms with Crippen LogP contribution in [0.1, 0.15) is 28.4 Å². The SMILES string of the molecule is CCOC(=O)c1cnc(Cl)nc1NCC1(N(Cc2ccccc2)Cc2ccccc2)COC1. The van der Waals surface area contributed by atoms with Crippen LogP contribution in [0.25, 0.3) is 0 Å². The molecule has 172 valence electrons. The van der Waals surface area contributed by atoms with Gasteiger partial charge >= 0.3 is 5.97 Å². The second-order valence-electron chi connectivity index (χ2n) is 8.02. The number of carbonyl (C=O) groups excluding carboxylic acids is 1. The molecule has 0 unspecified atom stereocenters. The molecule has 0 bridgehead atoms. The van der Waals surface area contributed by atoms with Gasteiger partial charge in [0.15, 0.2) is 0 Å². The van der Waals surface area contributed by atoms with Crippen LogP contribution in [0.5, 0.6) is 0 Å². The number of esters is 1. The van der Waals surface area contributed by atoms with Gasteiger partial charge in [-0.2, -0.15) is 4.98 Å². The van der Waals surface area contributed by atoms with E-state index in [9.17, 15) is 4.79 Å². The van der Waals surface area contributed by atoms with Crippen LogP contribution in [-0.2, 0) is 22.6 Å². The third kappa shape index (κ3) is 5.68. The number of hydrogen-bond donors (Lipinski definition) is 1. The number of benzene rings is 2. The van der Waals surface area contributed by atoms with Gasteiger partial charge in [-0.15, -0.1) is 0 Å². The molecule has 1 aromatic heterocycles. The molecule has 8 heteroatoms. The van der Waals surface area contributed by atoms with Crippen molar-refractivity contribution < 1.29 is 14.3 Å². The quantitative estimate of drug-likeness (QED) is 0.354. The number of nitrogens with one attached hydrogen (secondary N) is 1. The van der Waals surface area contributed by atoms with Gasteiger partial charge in [-0.05, 0) is 29.7 Å². The Morgan fingerprint density at radius 1 is 1.09 bits per heavy atom.